The summed E-state index contributed by atoms with van der Waals surface area (Å²) in [6.07, 6.45) is 0. The lowest BCUT2D eigenvalue weighted by molar-refractivity contribution is 0.0693. The number of nitriles is 1. The average molecular weight is 246 g/mol. The van der Waals surface area contributed by atoms with Crippen LogP contribution in [0.2, 0.25) is 0 Å². The summed E-state index contributed by atoms with van der Waals surface area (Å²) in [6, 6.07) is 6.77. The molecule has 0 spiro atoms. The Hall–Kier alpha value is -2.06. The molecule has 94 valence electrons. The zero-order valence-electron chi connectivity index (χ0n) is 10.3. The highest BCUT2D eigenvalue weighted by Crippen LogP contribution is 2.35. The van der Waals surface area contributed by atoms with Crippen LogP contribution in [0.3, 0.4) is 0 Å². The van der Waals surface area contributed by atoms with E-state index in [1.165, 1.54) is 4.90 Å². The van der Waals surface area contributed by atoms with E-state index in [9.17, 15) is 10.1 Å². The van der Waals surface area contributed by atoms with Crippen LogP contribution < -0.4 is 4.74 Å². The van der Waals surface area contributed by atoms with Crippen LogP contribution in [0.15, 0.2) is 18.2 Å². The highest BCUT2D eigenvalue weighted by molar-refractivity contribution is 5.99. The molecule has 1 amide bonds. The molecule has 1 unspecified atom stereocenters. The molecule has 0 aliphatic carbocycles. The summed E-state index contributed by atoms with van der Waals surface area (Å²) in [5.41, 5.74) is 1.27. The summed E-state index contributed by atoms with van der Waals surface area (Å²) < 4.78 is 10.1. The third-order valence-corrected chi connectivity index (χ3v) is 3.01. The van der Waals surface area contributed by atoms with Crippen molar-refractivity contribution in [2.45, 2.75) is 6.04 Å². The second-order valence-electron chi connectivity index (χ2n) is 3.98. The van der Waals surface area contributed by atoms with Gasteiger partial charge in [0.25, 0.3) is 5.91 Å². The molecule has 0 radical (unpaired) electrons. The van der Waals surface area contributed by atoms with Gasteiger partial charge in [-0.05, 0) is 18.2 Å². The van der Waals surface area contributed by atoms with Gasteiger partial charge in [0.05, 0.1) is 19.8 Å². The van der Waals surface area contributed by atoms with Crippen LogP contribution >= 0.6 is 0 Å². The number of nitrogens with zero attached hydrogens (tertiary/aromatic N) is 2. The zero-order chi connectivity index (χ0) is 13.1. The number of carbonyl (C=O) groups is 1. The largest absolute Gasteiger partial charge is 0.497 e. The van der Waals surface area contributed by atoms with Crippen molar-refractivity contribution in [1.82, 2.24) is 4.90 Å². The van der Waals surface area contributed by atoms with E-state index < -0.39 is 6.04 Å². The van der Waals surface area contributed by atoms with Crippen molar-refractivity contribution in [3.63, 3.8) is 0 Å². The van der Waals surface area contributed by atoms with Crippen LogP contribution in [0.1, 0.15) is 22.0 Å². The lowest BCUT2D eigenvalue weighted by Crippen LogP contribution is -2.30. The van der Waals surface area contributed by atoms with Crippen molar-refractivity contribution in [3.05, 3.63) is 29.3 Å². The van der Waals surface area contributed by atoms with Gasteiger partial charge >= 0.3 is 0 Å². The fraction of sp³-hybridized carbons (Fsp3) is 0.385. The molecule has 0 aromatic heterocycles. The molecular weight excluding hydrogens is 232 g/mol. The van der Waals surface area contributed by atoms with Crippen LogP contribution in [0.4, 0.5) is 0 Å². The topological polar surface area (TPSA) is 62.6 Å². The molecule has 0 saturated heterocycles. The number of ether oxygens (including phenoxy) is 2. The number of methoxy groups -OCH3 is 2. The van der Waals surface area contributed by atoms with Gasteiger partial charge in [0.1, 0.15) is 11.8 Å². The Morgan fingerprint density at radius 1 is 1.44 bits per heavy atom. The molecule has 18 heavy (non-hydrogen) atoms. The molecule has 1 aromatic rings. The number of amides is 1. The second-order valence-corrected chi connectivity index (χ2v) is 3.98. The zero-order valence-corrected chi connectivity index (χ0v) is 10.3. The molecular formula is C13H14N2O3. The number of rotatable bonds is 4. The van der Waals surface area contributed by atoms with Crippen molar-refractivity contribution in [1.29, 1.82) is 5.26 Å². The Kier molecular flexibility index (Phi) is 3.49. The van der Waals surface area contributed by atoms with Crippen molar-refractivity contribution >= 4 is 5.91 Å². The Balaban J connectivity index is 2.37. The minimum absolute atomic E-state index is 0.128. The van der Waals surface area contributed by atoms with Crippen LogP contribution in [-0.2, 0) is 4.74 Å². The Bertz CT molecular complexity index is 507. The molecule has 2 rings (SSSR count). The molecule has 1 heterocycles. The van der Waals surface area contributed by atoms with Gasteiger partial charge in [-0.3, -0.25) is 4.79 Å². The summed E-state index contributed by atoms with van der Waals surface area (Å²) >= 11 is 0. The summed E-state index contributed by atoms with van der Waals surface area (Å²) in [5.74, 6) is 0.520. The maximum atomic E-state index is 12.1. The van der Waals surface area contributed by atoms with Crippen molar-refractivity contribution in [2.75, 3.05) is 27.4 Å². The van der Waals surface area contributed by atoms with Crippen LogP contribution in [0.25, 0.3) is 0 Å². The molecule has 1 aliphatic heterocycles. The average Bonchev–Trinajstić information content (AvgIpc) is 2.68. The Morgan fingerprint density at radius 2 is 2.22 bits per heavy atom. The SMILES string of the molecule is COCCN1C(=O)c2ccc(OC)cc2C1C#N. The van der Waals surface area contributed by atoms with Gasteiger partial charge in [0.2, 0.25) is 0 Å². The fourth-order valence-corrected chi connectivity index (χ4v) is 2.09. The summed E-state index contributed by atoms with van der Waals surface area (Å²) in [6.45, 7) is 0.819. The second kappa shape index (κ2) is 5.07. The van der Waals surface area contributed by atoms with Gasteiger partial charge in [-0.2, -0.15) is 5.26 Å². The first-order valence-corrected chi connectivity index (χ1v) is 5.60. The quantitative estimate of drug-likeness (QED) is 0.804. The van der Waals surface area contributed by atoms with Crippen molar-refractivity contribution in [2.24, 2.45) is 0 Å². The molecule has 5 nitrogen and oxygen atoms in total. The lowest BCUT2D eigenvalue weighted by Gasteiger charge is -2.19. The van der Waals surface area contributed by atoms with Gasteiger partial charge in [0.15, 0.2) is 0 Å². The molecule has 1 aromatic carbocycles. The number of hydrogen-bond donors (Lipinski definition) is 0. The molecule has 0 saturated carbocycles. The molecule has 1 atom stereocenters. The first kappa shape index (κ1) is 12.4. The number of carbonyl (C=O) groups excluding carboxylic acids is 1. The third kappa shape index (κ3) is 1.91. The summed E-state index contributed by atoms with van der Waals surface area (Å²) in [4.78, 5) is 13.7. The maximum absolute atomic E-state index is 12.1. The minimum atomic E-state index is -0.558. The van der Waals surface area contributed by atoms with E-state index in [0.717, 1.165) is 0 Å². The molecule has 1 aliphatic rings. The van der Waals surface area contributed by atoms with Gasteiger partial charge in [0, 0.05) is 24.8 Å². The molecule has 5 heteroatoms. The molecule has 0 fully saturated rings. The van der Waals surface area contributed by atoms with Gasteiger partial charge in [-0.25, -0.2) is 0 Å². The van der Waals surface area contributed by atoms with E-state index in [0.29, 0.717) is 30.0 Å². The number of hydrogen-bond acceptors (Lipinski definition) is 4. The van der Waals surface area contributed by atoms with E-state index >= 15 is 0 Å². The van der Waals surface area contributed by atoms with Gasteiger partial charge in [-0.1, -0.05) is 0 Å². The monoisotopic (exact) mass is 246 g/mol. The van der Waals surface area contributed by atoms with E-state index in [2.05, 4.69) is 6.07 Å². The predicted molar refractivity (Wildman–Crippen MR) is 64.3 cm³/mol. The van der Waals surface area contributed by atoms with Crippen LogP contribution in [0, 0.1) is 11.3 Å². The fourth-order valence-electron chi connectivity index (χ4n) is 2.09. The predicted octanol–water partition coefficient (Wildman–Crippen LogP) is 1.36. The van der Waals surface area contributed by atoms with E-state index in [1.807, 2.05) is 0 Å². The van der Waals surface area contributed by atoms with E-state index in [1.54, 1.807) is 32.4 Å². The summed E-state index contributed by atoms with van der Waals surface area (Å²) in [7, 11) is 3.13. The van der Waals surface area contributed by atoms with Crippen LogP contribution in [0.5, 0.6) is 5.75 Å². The summed E-state index contributed by atoms with van der Waals surface area (Å²) in [5, 5.41) is 9.24. The van der Waals surface area contributed by atoms with Crippen molar-refractivity contribution in [3.8, 4) is 11.8 Å². The molecule has 0 N–H and O–H groups in total. The van der Waals surface area contributed by atoms with Gasteiger partial charge < -0.3 is 14.4 Å². The smallest absolute Gasteiger partial charge is 0.255 e. The Morgan fingerprint density at radius 3 is 2.83 bits per heavy atom. The Labute approximate surface area is 106 Å². The minimum Gasteiger partial charge on any atom is -0.497 e. The standard InChI is InChI=1S/C13H14N2O3/c1-17-6-5-15-12(8-14)11-7-9(18-2)3-4-10(11)13(15)16/h3-4,7,12H,5-6H2,1-2H3. The molecule has 0 bridgehead atoms. The van der Waals surface area contributed by atoms with E-state index in [4.69, 9.17) is 9.47 Å². The number of fused-ring (bicyclic) bond motifs is 1. The maximum Gasteiger partial charge on any atom is 0.255 e. The normalized spacial score (nSPS) is 17.5. The number of benzene rings is 1. The van der Waals surface area contributed by atoms with Crippen LogP contribution in [-0.4, -0.2) is 38.2 Å². The lowest BCUT2D eigenvalue weighted by atomic mass is 10.1. The first-order valence-electron chi connectivity index (χ1n) is 5.60. The van der Waals surface area contributed by atoms with Crippen molar-refractivity contribution < 1.29 is 14.3 Å². The highest BCUT2D eigenvalue weighted by atomic mass is 16.5. The van der Waals surface area contributed by atoms with Gasteiger partial charge in [-0.15, -0.1) is 0 Å². The first-order chi connectivity index (χ1) is 8.72. The highest BCUT2D eigenvalue weighted by Gasteiger charge is 2.36. The van der Waals surface area contributed by atoms with E-state index in [-0.39, 0.29) is 5.91 Å². The third-order valence-electron chi connectivity index (χ3n) is 3.01.